The normalized spacial score (nSPS) is 15.7. The average molecular weight is 593 g/mol. The summed E-state index contributed by atoms with van der Waals surface area (Å²) in [6, 6.07) is 13.5. The molecule has 0 aliphatic carbocycles. The quantitative estimate of drug-likeness (QED) is 0.284. The van der Waals surface area contributed by atoms with Gasteiger partial charge in [0.2, 0.25) is 15.9 Å². The maximum absolute atomic E-state index is 14.5. The van der Waals surface area contributed by atoms with Crippen molar-refractivity contribution in [2.45, 2.75) is 71.2 Å². The summed E-state index contributed by atoms with van der Waals surface area (Å²) in [6.45, 7) is 11.4. The van der Waals surface area contributed by atoms with Gasteiger partial charge in [-0.15, -0.1) is 0 Å². The summed E-state index contributed by atoms with van der Waals surface area (Å²) < 4.78 is 41.0. The summed E-state index contributed by atoms with van der Waals surface area (Å²) in [4.78, 5) is 28.5. The molecule has 2 amide bonds. The van der Waals surface area contributed by atoms with Crippen molar-refractivity contribution in [3.63, 3.8) is 0 Å². The van der Waals surface area contributed by atoms with Gasteiger partial charge in [-0.2, -0.15) is 4.31 Å². The molecule has 1 heterocycles. The fourth-order valence-corrected chi connectivity index (χ4v) is 7.69. The van der Waals surface area contributed by atoms with E-state index in [0.29, 0.717) is 40.7 Å². The predicted molar refractivity (Wildman–Crippen MR) is 164 cm³/mol. The van der Waals surface area contributed by atoms with Crippen molar-refractivity contribution >= 4 is 27.5 Å². The highest BCUT2D eigenvalue weighted by molar-refractivity contribution is 7.89. The molecule has 1 saturated heterocycles. The van der Waals surface area contributed by atoms with E-state index in [1.165, 1.54) is 11.4 Å². The van der Waals surface area contributed by atoms with E-state index >= 15 is 0 Å². The molecule has 1 fully saturated rings. The van der Waals surface area contributed by atoms with Crippen molar-refractivity contribution in [2.75, 3.05) is 25.7 Å². The highest BCUT2D eigenvalue weighted by atomic mass is 32.2. The Morgan fingerprint density at radius 1 is 0.881 bits per heavy atom. The Morgan fingerprint density at radius 2 is 1.48 bits per heavy atom. The number of sulfonamides is 1. The van der Waals surface area contributed by atoms with Crippen LogP contribution in [0.25, 0.3) is 0 Å². The van der Waals surface area contributed by atoms with E-state index in [9.17, 15) is 18.0 Å². The van der Waals surface area contributed by atoms with Gasteiger partial charge in [-0.1, -0.05) is 38.1 Å². The number of aryl methyl sites for hydroxylation is 2. The fraction of sp³-hybridized carbons (Fsp3) is 0.394. The molecular formula is C33H40N2O6S. The number of anilines is 1. The lowest BCUT2D eigenvalue weighted by Gasteiger charge is -2.29. The Labute approximate surface area is 249 Å². The van der Waals surface area contributed by atoms with Crippen molar-refractivity contribution in [3.05, 3.63) is 81.9 Å². The smallest absolute Gasteiger partial charge is 0.252 e. The van der Waals surface area contributed by atoms with Crippen molar-refractivity contribution in [2.24, 2.45) is 0 Å². The highest BCUT2D eigenvalue weighted by Gasteiger charge is 2.47. The second kappa shape index (κ2) is 12.3. The molecule has 224 valence electrons. The molecule has 0 N–H and O–H groups in total. The SMILES string of the molecule is COc1ccc(CCN(C2CC(=O)N(c3ccc(C(C)C)cc3)C2=O)S(=O)(=O)c2c(C)c(C)cc(C)c2C)cc1OC. The summed E-state index contributed by atoms with van der Waals surface area (Å²) in [5.74, 6) is 0.394. The number of nitrogens with zero attached hydrogens (tertiary/aromatic N) is 2. The number of carbonyl (C=O) groups is 2. The van der Waals surface area contributed by atoms with E-state index in [1.807, 2.05) is 38.1 Å². The van der Waals surface area contributed by atoms with Gasteiger partial charge in [0.25, 0.3) is 5.91 Å². The summed E-state index contributed by atoms with van der Waals surface area (Å²) in [5, 5.41) is 0. The zero-order valence-electron chi connectivity index (χ0n) is 25.6. The summed E-state index contributed by atoms with van der Waals surface area (Å²) in [6.07, 6.45) is 0.0579. The molecule has 1 aliphatic rings. The maximum Gasteiger partial charge on any atom is 0.252 e. The highest BCUT2D eigenvalue weighted by Crippen LogP contribution is 2.35. The molecule has 1 atom stereocenters. The van der Waals surface area contributed by atoms with Gasteiger partial charge >= 0.3 is 0 Å². The molecule has 1 unspecified atom stereocenters. The maximum atomic E-state index is 14.5. The van der Waals surface area contributed by atoms with Gasteiger partial charge in [0.05, 0.1) is 31.2 Å². The van der Waals surface area contributed by atoms with Crippen molar-refractivity contribution in [1.82, 2.24) is 4.31 Å². The Bertz CT molecular complexity index is 1590. The van der Waals surface area contributed by atoms with Gasteiger partial charge in [-0.05, 0) is 97.7 Å². The van der Waals surface area contributed by atoms with Gasteiger partial charge in [0.1, 0.15) is 6.04 Å². The molecule has 0 saturated carbocycles. The van der Waals surface area contributed by atoms with Crippen LogP contribution in [-0.4, -0.2) is 51.3 Å². The second-order valence-corrected chi connectivity index (χ2v) is 13.0. The van der Waals surface area contributed by atoms with Crippen molar-refractivity contribution in [1.29, 1.82) is 0 Å². The van der Waals surface area contributed by atoms with Gasteiger partial charge in [0, 0.05) is 6.54 Å². The minimum absolute atomic E-state index is 0.00645. The van der Waals surface area contributed by atoms with Crippen molar-refractivity contribution in [3.8, 4) is 11.5 Å². The lowest BCUT2D eigenvalue weighted by Crippen LogP contribution is -2.46. The molecule has 0 aromatic heterocycles. The first-order valence-electron chi connectivity index (χ1n) is 14.1. The number of imide groups is 1. The molecule has 9 heteroatoms. The molecule has 0 spiro atoms. The molecule has 0 radical (unpaired) electrons. The predicted octanol–water partition coefficient (Wildman–Crippen LogP) is 5.63. The molecule has 1 aliphatic heterocycles. The van der Waals surface area contributed by atoms with Crippen LogP contribution in [0.4, 0.5) is 5.69 Å². The van der Waals surface area contributed by atoms with Crippen LogP contribution in [0.3, 0.4) is 0 Å². The first kappa shape index (κ1) is 31.3. The fourth-order valence-electron chi connectivity index (χ4n) is 5.52. The Balaban J connectivity index is 1.77. The molecule has 4 rings (SSSR count). The number of rotatable bonds is 10. The van der Waals surface area contributed by atoms with Crippen LogP contribution in [0.1, 0.15) is 59.6 Å². The number of amides is 2. The molecule has 3 aromatic rings. The summed E-state index contributed by atoms with van der Waals surface area (Å²) in [5.41, 5.74) is 5.27. The monoisotopic (exact) mass is 592 g/mol. The number of methoxy groups -OCH3 is 2. The van der Waals surface area contributed by atoms with Crippen LogP contribution < -0.4 is 14.4 Å². The number of hydrogen-bond acceptors (Lipinski definition) is 6. The minimum atomic E-state index is -4.19. The first-order chi connectivity index (χ1) is 19.8. The third-order valence-electron chi connectivity index (χ3n) is 8.22. The molecular weight excluding hydrogens is 552 g/mol. The summed E-state index contributed by atoms with van der Waals surface area (Å²) >= 11 is 0. The average Bonchev–Trinajstić information content (AvgIpc) is 3.24. The summed E-state index contributed by atoms with van der Waals surface area (Å²) in [7, 11) is -1.11. The molecule has 0 bridgehead atoms. The van der Waals surface area contributed by atoms with Gasteiger partial charge in [0.15, 0.2) is 11.5 Å². The standard InChI is InChI=1S/C33H40N2O6S/c1-20(2)26-10-12-27(13-11-26)35-31(36)19-28(33(35)37)34(16-15-25-9-14-29(40-7)30(18-25)41-8)42(38,39)32-23(5)21(3)17-22(4)24(32)6/h9-14,17-18,20,28H,15-16,19H2,1-8H3. The number of carbonyl (C=O) groups excluding carboxylic acids is 2. The van der Waals surface area contributed by atoms with Crippen LogP contribution in [-0.2, 0) is 26.0 Å². The first-order valence-corrected chi connectivity index (χ1v) is 15.5. The number of benzene rings is 3. The van der Waals surface area contributed by atoms with Gasteiger partial charge in [-0.25, -0.2) is 13.3 Å². The van der Waals surface area contributed by atoms with Crippen molar-refractivity contribution < 1.29 is 27.5 Å². The van der Waals surface area contributed by atoms with E-state index < -0.39 is 27.9 Å². The van der Waals surface area contributed by atoms with Crippen LogP contribution in [0, 0.1) is 27.7 Å². The van der Waals surface area contributed by atoms with Crippen LogP contribution in [0.15, 0.2) is 53.4 Å². The van der Waals surface area contributed by atoms with E-state index in [0.717, 1.165) is 27.2 Å². The topological polar surface area (TPSA) is 93.2 Å². The van der Waals surface area contributed by atoms with E-state index in [-0.39, 0.29) is 17.9 Å². The van der Waals surface area contributed by atoms with Crippen LogP contribution >= 0.6 is 0 Å². The van der Waals surface area contributed by atoms with E-state index in [1.54, 1.807) is 45.2 Å². The number of ether oxygens (including phenoxy) is 2. The van der Waals surface area contributed by atoms with E-state index in [4.69, 9.17) is 9.47 Å². The lowest BCUT2D eigenvalue weighted by molar-refractivity contribution is -0.122. The Morgan fingerprint density at radius 3 is 2.02 bits per heavy atom. The number of hydrogen-bond donors (Lipinski definition) is 0. The Hall–Kier alpha value is -3.69. The third kappa shape index (κ3) is 5.80. The largest absolute Gasteiger partial charge is 0.493 e. The molecule has 42 heavy (non-hydrogen) atoms. The minimum Gasteiger partial charge on any atom is -0.493 e. The van der Waals surface area contributed by atoms with Crippen LogP contribution in [0.5, 0.6) is 11.5 Å². The van der Waals surface area contributed by atoms with Gasteiger partial charge < -0.3 is 9.47 Å². The van der Waals surface area contributed by atoms with E-state index in [2.05, 4.69) is 13.8 Å². The molecule has 3 aromatic carbocycles. The van der Waals surface area contributed by atoms with Gasteiger partial charge in [-0.3, -0.25) is 9.59 Å². The third-order valence-corrected chi connectivity index (χ3v) is 10.4. The Kier molecular flexibility index (Phi) is 9.13. The lowest BCUT2D eigenvalue weighted by atomic mass is 10.0. The zero-order valence-corrected chi connectivity index (χ0v) is 26.5. The van der Waals surface area contributed by atoms with Crippen LogP contribution in [0.2, 0.25) is 0 Å². The molecule has 8 nitrogen and oxygen atoms in total. The second-order valence-electron chi connectivity index (χ2n) is 11.2. The zero-order chi connectivity index (χ0) is 30.9.